The van der Waals surface area contributed by atoms with E-state index in [1.807, 2.05) is 31.2 Å². The lowest BCUT2D eigenvalue weighted by atomic mass is 9.98. The van der Waals surface area contributed by atoms with Gasteiger partial charge in [0.25, 0.3) is 0 Å². The van der Waals surface area contributed by atoms with E-state index in [1.165, 1.54) is 0 Å². The van der Waals surface area contributed by atoms with Crippen LogP contribution in [0.4, 0.5) is 20.2 Å². The van der Waals surface area contributed by atoms with Crippen LogP contribution in [0.15, 0.2) is 48.5 Å². The normalized spacial score (nSPS) is 21.8. The maximum Gasteiger partial charge on any atom is 0.394 e. The molecular formula is C26H33F2N3O4. The minimum absolute atomic E-state index is 0.116. The van der Waals surface area contributed by atoms with Crippen molar-refractivity contribution in [3.63, 3.8) is 0 Å². The average Bonchev–Trinajstić information content (AvgIpc) is 3.21. The fraction of sp³-hybridized carbons (Fsp3) is 0.500. The summed E-state index contributed by atoms with van der Waals surface area (Å²) in [5, 5.41) is 13.0. The van der Waals surface area contributed by atoms with Gasteiger partial charge in [0.1, 0.15) is 5.75 Å². The number of benzene rings is 2. The number of morpholine rings is 1. The van der Waals surface area contributed by atoms with E-state index < -0.39 is 11.7 Å². The third-order valence-corrected chi connectivity index (χ3v) is 6.58. The zero-order valence-corrected chi connectivity index (χ0v) is 20.2. The van der Waals surface area contributed by atoms with Gasteiger partial charge in [0.15, 0.2) is 0 Å². The molecule has 2 N–H and O–H groups in total. The van der Waals surface area contributed by atoms with Crippen LogP contribution in [-0.4, -0.2) is 73.1 Å². The molecule has 190 valence electrons. The number of anilines is 2. The van der Waals surface area contributed by atoms with E-state index in [1.54, 1.807) is 24.3 Å². The average molecular weight is 490 g/mol. The number of amides is 1. The highest BCUT2D eigenvalue weighted by molar-refractivity contribution is 5.91. The highest BCUT2D eigenvalue weighted by Gasteiger charge is 2.44. The lowest BCUT2D eigenvalue weighted by molar-refractivity contribution is -0.158. The topological polar surface area (TPSA) is 74.3 Å². The molecule has 4 rings (SSSR count). The Labute approximate surface area is 204 Å². The number of carbonyl (C=O) groups is 1. The van der Waals surface area contributed by atoms with Gasteiger partial charge in [-0.25, -0.2) is 0 Å². The van der Waals surface area contributed by atoms with Crippen LogP contribution in [0.25, 0.3) is 0 Å². The molecule has 7 nitrogen and oxygen atoms in total. The van der Waals surface area contributed by atoms with Crippen molar-refractivity contribution in [2.24, 2.45) is 0 Å². The summed E-state index contributed by atoms with van der Waals surface area (Å²) < 4.78 is 37.0. The number of carbonyl (C=O) groups excluding carboxylic acids is 1. The highest BCUT2D eigenvalue weighted by atomic mass is 19.3. The van der Waals surface area contributed by atoms with Crippen molar-refractivity contribution in [1.29, 1.82) is 0 Å². The smallest absolute Gasteiger partial charge is 0.394 e. The SMILES string of the molecule is Cc1ccc(NC(=O)CC(CO)N2CCOC3(CCN(c4ccc(OC(C)(F)F)cc4)C3)C2)cc1. The fourth-order valence-corrected chi connectivity index (χ4v) is 4.80. The standard InChI is InChI=1S/C26H33F2N3O4/c1-19-3-5-20(6-4-19)29-24(33)15-22(16-32)31-13-14-34-26(18-31)11-12-30(17-26)21-7-9-23(10-8-21)35-25(2,27)28/h3-10,22,32H,11-18H2,1-2H3,(H,29,33). The van der Waals surface area contributed by atoms with E-state index in [9.17, 15) is 18.7 Å². The van der Waals surface area contributed by atoms with E-state index in [-0.39, 0.29) is 30.7 Å². The molecule has 2 aromatic carbocycles. The Kier molecular flexibility index (Phi) is 7.59. The number of aliphatic hydroxyl groups is 1. The Morgan fingerprint density at radius 1 is 1.17 bits per heavy atom. The summed E-state index contributed by atoms with van der Waals surface area (Å²) in [5.41, 5.74) is 2.35. The third-order valence-electron chi connectivity index (χ3n) is 6.58. The fourth-order valence-electron chi connectivity index (χ4n) is 4.80. The van der Waals surface area contributed by atoms with Crippen molar-refractivity contribution in [3.05, 3.63) is 54.1 Å². The summed E-state index contributed by atoms with van der Waals surface area (Å²) in [4.78, 5) is 16.9. The Bertz CT molecular complexity index is 997. The number of nitrogens with one attached hydrogen (secondary N) is 1. The molecule has 0 radical (unpaired) electrons. The number of halogens is 2. The second kappa shape index (κ2) is 10.5. The zero-order valence-electron chi connectivity index (χ0n) is 20.2. The van der Waals surface area contributed by atoms with Gasteiger partial charge in [-0.05, 0) is 49.7 Å². The summed E-state index contributed by atoms with van der Waals surface area (Å²) >= 11 is 0. The second-order valence-electron chi connectivity index (χ2n) is 9.53. The first-order valence-electron chi connectivity index (χ1n) is 11.9. The molecule has 0 aliphatic carbocycles. The van der Waals surface area contributed by atoms with E-state index in [0.29, 0.717) is 33.2 Å². The summed E-state index contributed by atoms with van der Waals surface area (Å²) in [7, 11) is 0. The molecule has 2 aliphatic heterocycles. The van der Waals surface area contributed by atoms with Crippen molar-refractivity contribution in [2.75, 3.05) is 49.6 Å². The van der Waals surface area contributed by atoms with Crippen LogP contribution < -0.4 is 15.0 Å². The van der Waals surface area contributed by atoms with Gasteiger partial charge in [0.2, 0.25) is 5.91 Å². The predicted octanol–water partition coefficient (Wildman–Crippen LogP) is 3.66. The molecule has 2 unspecified atom stereocenters. The molecule has 0 aromatic heterocycles. The molecule has 1 spiro atoms. The van der Waals surface area contributed by atoms with Crippen LogP contribution in [-0.2, 0) is 9.53 Å². The van der Waals surface area contributed by atoms with E-state index in [4.69, 9.17) is 4.74 Å². The molecule has 2 saturated heterocycles. The van der Waals surface area contributed by atoms with Gasteiger partial charge in [-0.15, -0.1) is 0 Å². The molecular weight excluding hydrogens is 456 g/mol. The second-order valence-corrected chi connectivity index (χ2v) is 9.53. The first-order chi connectivity index (χ1) is 16.6. The van der Waals surface area contributed by atoms with E-state index in [0.717, 1.165) is 29.9 Å². The molecule has 35 heavy (non-hydrogen) atoms. The number of ether oxygens (including phenoxy) is 2. The van der Waals surface area contributed by atoms with Crippen molar-refractivity contribution in [1.82, 2.24) is 4.90 Å². The molecule has 1 amide bonds. The number of hydrogen-bond acceptors (Lipinski definition) is 6. The first-order valence-corrected chi connectivity index (χ1v) is 11.9. The van der Waals surface area contributed by atoms with Crippen molar-refractivity contribution >= 4 is 17.3 Å². The molecule has 2 atom stereocenters. The summed E-state index contributed by atoms with van der Waals surface area (Å²) in [6.45, 7) is 5.74. The monoisotopic (exact) mass is 489 g/mol. The molecule has 9 heteroatoms. The van der Waals surface area contributed by atoms with Gasteiger partial charge in [-0.2, -0.15) is 8.78 Å². The molecule has 0 bridgehead atoms. The van der Waals surface area contributed by atoms with Crippen molar-refractivity contribution in [3.8, 4) is 5.75 Å². The lowest BCUT2D eigenvalue weighted by Gasteiger charge is -2.43. The van der Waals surface area contributed by atoms with Crippen LogP contribution >= 0.6 is 0 Å². The van der Waals surface area contributed by atoms with Gasteiger partial charge in [0, 0.05) is 56.9 Å². The number of hydrogen-bond donors (Lipinski definition) is 2. The van der Waals surface area contributed by atoms with Crippen molar-refractivity contribution < 1.29 is 28.2 Å². The maximum atomic E-state index is 13.1. The number of rotatable bonds is 8. The lowest BCUT2D eigenvalue weighted by Crippen LogP contribution is -2.57. The third kappa shape index (κ3) is 6.68. The molecule has 2 fully saturated rings. The van der Waals surface area contributed by atoms with Gasteiger partial charge < -0.3 is 24.8 Å². The summed E-state index contributed by atoms with van der Waals surface area (Å²) in [5.74, 6) is -0.0218. The molecule has 2 aromatic rings. The van der Waals surface area contributed by atoms with Crippen LogP contribution in [0.1, 0.15) is 25.3 Å². The van der Waals surface area contributed by atoms with Gasteiger partial charge in [-0.1, -0.05) is 17.7 Å². The Balaban J connectivity index is 1.35. The van der Waals surface area contributed by atoms with Crippen LogP contribution in [0, 0.1) is 6.92 Å². The summed E-state index contributed by atoms with van der Waals surface area (Å²) in [6.07, 6.45) is -2.24. The predicted molar refractivity (Wildman–Crippen MR) is 130 cm³/mol. The summed E-state index contributed by atoms with van der Waals surface area (Å²) in [6, 6.07) is 13.9. The molecule has 2 aliphatic rings. The molecule has 2 heterocycles. The van der Waals surface area contributed by atoms with Crippen LogP contribution in [0.2, 0.25) is 0 Å². The molecule has 0 saturated carbocycles. The van der Waals surface area contributed by atoms with E-state index >= 15 is 0 Å². The maximum absolute atomic E-state index is 13.1. The Hall–Kier alpha value is -2.75. The Morgan fingerprint density at radius 2 is 1.89 bits per heavy atom. The van der Waals surface area contributed by atoms with Crippen LogP contribution in [0.3, 0.4) is 0 Å². The van der Waals surface area contributed by atoms with E-state index in [2.05, 4.69) is 19.9 Å². The number of alkyl halides is 2. The Morgan fingerprint density at radius 3 is 2.54 bits per heavy atom. The number of nitrogens with zero attached hydrogens (tertiary/aromatic N) is 2. The van der Waals surface area contributed by atoms with Crippen LogP contribution in [0.5, 0.6) is 5.75 Å². The van der Waals surface area contributed by atoms with Gasteiger partial charge in [-0.3, -0.25) is 9.69 Å². The minimum atomic E-state index is -3.22. The number of aliphatic hydroxyl groups excluding tert-OH is 1. The highest BCUT2D eigenvalue weighted by Crippen LogP contribution is 2.34. The first kappa shape index (κ1) is 25.3. The largest absolute Gasteiger partial charge is 0.433 e. The van der Waals surface area contributed by atoms with Gasteiger partial charge >= 0.3 is 6.11 Å². The number of aryl methyl sites for hydroxylation is 1. The minimum Gasteiger partial charge on any atom is -0.433 e. The quantitative estimate of drug-likeness (QED) is 0.590. The van der Waals surface area contributed by atoms with Gasteiger partial charge in [0.05, 0.1) is 18.8 Å². The van der Waals surface area contributed by atoms with Crippen molar-refractivity contribution in [2.45, 2.75) is 44.4 Å². The zero-order chi connectivity index (χ0) is 25.1.